The molecule has 0 spiro atoms. The summed E-state index contributed by atoms with van der Waals surface area (Å²) >= 11 is 3.54. The Morgan fingerprint density at radius 1 is 1.30 bits per heavy atom. The van der Waals surface area contributed by atoms with E-state index in [1.807, 2.05) is 24.3 Å². The van der Waals surface area contributed by atoms with Crippen LogP contribution in [0, 0.1) is 0 Å². The van der Waals surface area contributed by atoms with E-state index in [4.69, 9.17) is 4.74 Å². The van der Waals surface area contributed by atoms with Crippen molar-refractivity contribution in [2.45, 2.75) is 13.0 Å². The molecule has 104 valence electrons. The molecular formula is C14H15BrN4O. The predicted octanol–water partition coefficient (Wildman–Crippen LogP) is 2.64. The summed E-state index contributed by atoms with van der Waals surface area (Å²) in [5.41, 5.74) is 3.13. The number of methoxy groups -OCH3 is 1. The van der Waals surface area contributed by atoms with E-state index in [2.05, 4.69) is 36.5 Å². The second-order valence-electron chi connectivity index (χ2n) is 4.52. The summed E-state index contributed by atoms with van der Waals surface area (Å²) in [4.78, 5) is 8.86. The van der Waals surface area contributed by atoms with Crippen molar-refractivity contribution in [3.8, 4) is 6.01 Å². The summed E-state index contributed by atoms with van der Waals surface area (Å²) in [5.74, 6) is 0.820. The van der Waals surface area contributed by atoms with Gasteiger partial charge in [-0.25, -0.2) is 0 Å². The number of halogens is 1. The number of nitrogens with one attached hydrogen (secondary N) is 2. The molecule has 20 heavy (non-hydrogen) atoms. The molecule has 0 saturated carbocycles. The van der Waals surface area contributed by atoms with Gasteiger partial charge in [0.2, 0.25) is 0 Å². The highest BCUT2D eigenvalue weighted by atomic mass is 79.9. The first-order chi connectivity index (χ1) is 9.78. The van der Waals surface area contributed by atoms with Gasteiger partial charge in [-0.1, -0.05) is 12.1 Å². The number of ether oxygens (including phenoxy) is 1. The third kappa shape index (κ3) is 2.62. The molecular weight excluding hydrogens is 320 g/mol. The monoisotopic (exact) mass is 334 g/mol. The van der Waals surface area contributed by atoms with Crippen LogP contribution < -0.4 is 15.4 Å². The second kappa shape index (κ2) is 5.76. The standard InChI is InChI=1S/C14H15BrN4O/c1-20-14-18-12-8-16-7-6-9(12)13(19-14)17-11-5-3-2-4-10(11)15/h2-5,16H,6-8H2,1H3,(H,17,18,19). The van der Waals surface area contributed by atoms with Crippen LogP contribution in [0.2, 0.25) is 0 Å². The van der Waals surface area contributed by atoms with E-state index in [-0.39, 0.29) is 0 Å². The third-order valence-corrected chi connectivity index (χ3v) is 3.92. The van der Waals surface area contributed by atoms with E-state index in [1.54, 1.807) is 7.11 Å². The maximum atomic E-state index is 5.19. The number of hydrogen-bond acceptors (Lipinski definition) is 5. The van der Waals surface area contributed by atoms with Gasteiger partial charge in [-0.3, -0.25) is 0 Å². The molecule has 0 radical (unpaired) electrons. The van der Waals surface area contributed by atoms with Crippen molar-refractivity contribution in [1.29, 1.82) is 0 Å². The maximum Gasteiger partial charge on any atom is 0.318 e. The number of benzene rings is 1. The van der Waals surface area contributed by atoms with Crippen LogP contribution in [0.3, 0.4) is 0 Å². The molecule has 0 saturated heterocycles. The Hall–Kier alpha value is -1.66. The highest BCUT2D eigenvalue weighted by molar-refractivity contribution is 9.10. The van der Waals surface area contributed by atoms with Gasteiger partial charge >= 0.3 is 6.01 Å². The minimum absolute atomic E-state index is 0.391. The predicted molar refractivity (Wildman–Crippen MR) is 81.4 cm³/mol. The fourth-order valence-corrected chi connectivity index (χ4v) is 2.61. The van der Waals surface area contributed by atoms with Gasteiger partial charge < -0.3 is 15.4 Å². The van der Waals surface area contributed by atoms with E-state index < -0.39 is 0 Å². The average molecular weight is 335 g/mol. The van der Waals surface area contributed by atoms with Gasteiger partial charge in [0, 0.05) is 16.6 Å². The van der Waals surface area contributed by atoms with E-state index in [0.717, 1.165) is 46.7 Å². The Kier molecular flexibility index (Phi) is 3.84. The SMILES string of the molecule is COc1nc2c(c(Nc3ccccc3Br)n1)CCNC2. The van der Waals surface area contributed by atoms with Gasteiger partial charge in [0.1, 0.15) is 5.82 Å². The minimum atomic E-state index is 0.391. The molecule has 1 aromatic carbocycles. The van der Waals surface area contributed by atoms with Crippen molar-refractivity contribution in [1.82, 2.24) is 15.3 Å². The quantitative estimate of drug-likeness (QED) is 0.903. The van der Waals surface area contributed by atoms with Crippen molar-refractivity contribution in [3.05, 3.63) is 40.0 Å². The van der Waals surface area contributed by atoms with E-state index in [1.165, 1.54) is 0 Å². The highest BCUT2D eigenvalue weighted by Gasteiger charge is 2.18. The first-order valence-corrected chi connectivity index (χ1v) is 7.23. The van der Waals surface area contributed by atoms with Crippen LogP contribution >= 0.6 is 15.9 Å². The zero-order valence-electron chi connectivity index (χ0n) is 11.1. The molecule has 2 aromatic rings. The molecule has 6 heteroatoms. The van der Waals surface area contributed by atoms with Crippen LogP contribution in [0.15, 0.2) is 28.7 Å². The number of hydrogen-bond donors (Lipinski definition) is 2. The summed E-state index contributed by atoms with van der Waals surface area (Å²) in [6.07, 6.45) is 0.909. The van der Waals surface area contributed by atoms with Crippen molar-refractivity contribution in [2.24, 2.45) is 0 Å². The molecule has 0 amide bonds. The van der Waals surface area contributed by atoms with Crippen LogP contribution in [0.1, 0.15) is 11.3 Å². The van der Waals surface area contributed by atoms with Gasteiger partial charge in [-0.05, 0) is 41.0 Å². The summed E-state index contributed by atoms with van der Waals surface area (Å²) in [6.45, 7) is 1.69. The molecule has 0 aliphatic carbocycles. The van der Waals surface area contributed by atoms with Crippen molar-refractivity contribution in [3.63, 3.8) is 0 Å². The summed E-state index contributed by atoms with van der Waals surface area (Å²) in [6, 6.07) is 8.36. The molecule has 1 aliphatic heterocycles. The lowest BCUT2D eigenvalue weighted by Gasteiger charge is -2.20. The number of rotatable bonds is 3. The summed E-state index contributed by atoms with van der Waals surface area (Å²) in [7, 11) is 1.58. The van der Waals surface area contributed by atoms with E-state index in [0.29, 0.717) is 6.01 Å². The van der Waals surface area contributed by atoms with Gasteiger partial charge in [-0.2, -0.15) is 9.97 Å². The Balaban J connectivity index is 2.02. The lowest BCUT2D eigenvalue weighted by atomic mass is 10.1. The summed E-state index contributed by atoms with van der Waals surface area (Å²) in [5, 5.41) is 6.68. The lowest BCUT2D eigenvalue weighted by Crippen LogP contribution is -2.26. The van der Waals surface area contributed by atoms with Crippen LogP contribution in [0.5, 0.6) is 6.01 Å². The molecule has 1 aliphatic rings. The molecule has 0 fully saturated rings. The van der Waals surface area contributed by atoms with Crippen molar-refractivity contribution >= 4 is 27.4 Å². The van der Waals surface area contributed by atoms with Gasteiger partial charge in [0.05, 0.1) is 18.5 Å². The summed E-state index contributed by atoms with van der Waals surface area (Å²) < 4.78 is 6.19. The first kappa shape index (κ1) is 13.3. The van der Waals surface area contributed by atoms with Crippen LogP contribution in [0.25, 0.3) is 0 Å². The largest absolute Gasteiger partial charge is 0.467 e. The molecule has 1 aromatic heterocycles. The number of nitrogens with zero attached hydrogens (tertiary/aromatic N) is 2. The third-order valence-electron chi connectivity index (χ3n) is 3.23. The highest BCUT2D eigenvalue weighted by Crippen LogP contribution is 2.29. The number of anilines is 2. The maximum absolute atomic E-state index is 5.19. The zero-order chi connectivity index (χ0) is 13.9. The Morgan fingerprint density at radius 3 is 2.95 bits per heavy atom. The number of para-hydroxylation sites is 1. The second-order valence-corrected chi connectivity index (χ2v) is 5.37. The molecule has 0 atom stereocenters. The smallest absolute Gasteiger partial charge is 0.318 e. The van der Waals surface area contributed by atoms with Crippen LogP contribution in [-0.2, 0) is 13.0 Å². The van der Waals surface area contributed by atoms with Crippen LogP contribution in [-0.4, -0.2) is 23.6 Å². The first-order valence-electron chi connectivity index (χ1n) is 6.44. The molecule has 3 rings (SSSR count). The molecule has 5 nitrogen and oxygen atoms in total. The van der Waals surface area contributed by atoms with E-state index >= 15 is 0 Å². The molecule has 2 heterocycles. The lowest BCUT2D eigenvalue weighted by molar-refractivity contribution is 0.376. The Bertz CT molecular complexity index is 633. The fraction of sp³-hybridized carbons (Fsp3) is 0.286. The van der Waals surface area contributed by atoms with Crippen molar-refractivity contribution < 1.29 is 4.74 Å². The minimum Gasteiger partial charge on any atom is -0.467 e. The Labute approximate surface area is 125 Å². The average Bonchev–Trinajstić information content (AvgIpc) is 2.49. The normalized spacial score (nSPS) is 13.7. The molecule has 2 N–H and O–H groups in total. The van der Waals surface area contributed by atoms with Crippen LogP contribution in [0.4, 0.5) is 11.5 Å². The Morgan fingerprint density at radius 2 is 2.15 bits per heavy atom. The zero-order valence-corrected chi connectivity index (χ0v) is 12.7. The van der Waals surface area contributed by atoms with Crippen molar-refractivity contribution in [2.75, 3.05) is 19.0 Å². The topological polar surface area (TPSA) is 59.1 Å². The number of aromatic nitrogens is 2. The molecule has 0 bridgehead atoms. The van der Waals surface area contributed by atoms with Gasteiger partial charge in [0.25, 0.3) is 0 Å². The number of fused-ring (bicyclic) bond motifs is 1. The fourth-order valence-electron chi connectivity index (χ4n) is 2.22. The van der Waals surface area contributed by atoms with Gasteiger partial charge in [0.15, 0.2) is 0 Å². The van der Waals surface area contributed by atoms with E-state index in [9.17, 15) is 0 Å². The molecule has 0 unspecified atom stereocenters. The van der Waals surface area contributed by atoms with Gasteiger partial charge in [-0.15, -0.1) is 0 Å².